The van der Waals surface area contributed by atoms with Crippen LogP contribution in [-0.4, -0.2) is 6.61 Å². The van der Waals surface area contributed by atoms with E-state index in [0.717, 1.165) is 12.4 Å². The molecule has 0 saturated carbocycles. The molecular formula is C10H20O. The van der Waals surface area contributed by atoms with Crippen LogP contribution < -0.4 is 0 Å². The number of hydrogen-bond acceptors (Lipinski definition) is 1. The minimum atomic E-state index is 0.444. The normalized spacial score (nSPS) is 13.2. The van der Waals surface area contributed by atoms with E-state index in [1.165, 1.54) is 6.42 Å². The van der Waals surface area contributed by atoms with Crippen LogP contribution in [0.25, 0.3) is 0 Å². The van der Waals surface area contributed by atoms with Crippen molar-refractivity contribution in [2.75, 3.05) is 6.61 Å². The summed E-state index contributed by atoms with van der Waals surface area (Å²) in [5, 5.41) is 0. The SMILES string of the molecule is C=C(OCC(C)CC)C(C)C. The van der Waals surface area contributed by atoms with E-state index in [9.17, 15) is 0 Å². The summed E-state index contributed by atoms with van der Waals surface area (Å²) in [5.41, 5.74) is 0. The van der Waals surface area contributed by atoms with Crippen molar-refractivity contribution in [2.45, 2.75) is 34.1 Å². The number of allylic oxidation sites excluding steroid dienone is 1. The summed E-state index contributed by atoms with van der Waals surface area (Å²) in [6.07, 6.45) is 1.17. The van der Waals surface area contributed by atoms with E-state index in [1.807, 2.05) is 0 Å². The summed E-state index contributed by atoms with van der Waals surface area (Å²) >= 11 is 0. The zero-order chi connectivity index (χ0) is 8.85. The molecule has 1 unspecified atom stereocenters. The standard InChI is InChI=1S/C10H20O/c1-6-9(4)7-11-10(5)8(2)3/h8-9H,5-7H2,1-4H3. The Morgan fingerprint density at radius 3 is 2.27 bits per heavy atom. The second kappa shape index (κ2) is 5.22. The molecule has 0 saturated heterocycles. The molecule has 1 atom stereocenters. The van der Waals surface area contributed by atoms with Gasteiger partial charge in [0.2, 0.25) is 0 Å². The van der Waals surface area contributed by atoms with Crippen LogP contribution in [0.5, 0.6) is 0 Å². The van der Waals surface area contributed by atoms with Crippen molar-refractivity contribution >= 4 is 0 Å². The quantitative estimate of drug-likeness (QED) is 0.555. The van der Waals surface area contributed by atoms with Crippen LogP contribution in [-0.2, 0) is 4.74 Å². The lowest BCUT2D eigenvalue weighted by atomic mass is 10.1. The van der Waals surface area contributed by atoms with Gasteiger partial charge in [0.05, 0.1) is 12.4 Å². The predicted octanol–water partition coefficient (Wildman–Crippen LogP) is 3.22. The lowest BCUT2D eigenvalue weighted by molar-refractivity contribution is 0.150. The molecule has 0 bridgehead atoms. The number of hydrogen-bond donors (Lipinski definition) is 0. The average Bonchev–Trinajstić information content (AvgIpc) is 1.99. The first-order chi connectivity index (χ1) is 5.07. The van der Waals surface area contributed by atoms with E-state index in [1.54, 1.807) is 0 Å². The fraction of sp³-hybridized carbons (Fsp3) is 0.800. The van der Waals surface area contributed by atoms with Crippen LogP contribution in [0.2, 0.25) is 0 Å². The van der Waals surface area contributed by atoms with E-state index in [4.69, 9.17) is 4.74 Å². The van der Waals surface area contributed by atoms with Gasteiger partial charge in [0.25, 0.3) is 0 Å². The lowest BCUT2D eigenvalue weighted by Gasteiger charge is -2.14. The van der Waals surface area contributed by atoms with Gasteiger partial charge in [-0.15, -0.1) is 0 Å². The van der Waals surface area contributed by atoms with Crippen molar-refractivity contribution in [1.29, 1.82) is 0 Å². The maximum atomic E-state index is 5.46. The molecule has 0 aliphatic rings. The van der Waals surface area contributed by atoms with Crippen molar-refractivity contribution in [3.05, 3.63) is 12.3 Å². The van der Waals surface area contributed by atoms with Crippen LogP contribution in [0.3, 0.4) is 0 Å². The zero-order valence-electron chi connectivity index (χ0n) is 8.18. The van der Waals surface area contributed by atoms with Crippen LogP contribution in [0.4, 0.5) is 0 Å². The van der Waals surface area contributed by atoms with Crippen molar-refractivity contribution in [3.8, 4) is 0 Å². The smallest absolute Gasteiger partial charge is 0.0913 e. The third-order valence-corrected chi connectivity index (χ3v) is 1.89. The van der Waals surface area contributed by atoms with Crippen LogP contribution >= 0.6 is 0 Å². The van der Waals surface area contributed by atoms with Gasteiger partial charge < -0.3 is 4.74 Å². The molecular weight excluding hydrogens is 136 g/mol. The molecule has 66 valence electrons. The maximum absolute atomic E-state index is 5.46. The molecule has 1 nitrogen and oxygen atoms in total. The lowest BCUT2D eigenvalue weighted by Crippen LogP contribution is -2.06. The zero-order valence-corrected chi connectivity index (χ0v) is 8.18. The molecule has 0 aromatic carbocycles. The molecule has 0 aromatic rings. The van der Waals surface area contributed by atoms with Crippen molar-refractivity contribution < 1.29 is 4.74 Å². The van der Waals surface area contributed by atoms with Gasteiger partial charge in [0.1, 0.15) is 0 Å². The van der Waals surface area contributed by atoms with Gasteiger partial charge in [-0.1, -0.05) is 40.7 Å². The van der Waals surface area contributed by atoms with Gasteiger partial charge in [-0.3, -0.25) is 0 Å². The van der Waals surface area contributed by atoms with Crippen LogP contribution in [0, 0.1) is 11.8 Å². The van der Waals surface area contributed by atoms with Crippen LogP contribution in [0.1, 0.15) is 34.1 Å². The molecule has 0 N–H and O–H groups in total. The molecule has 0 fully saturated rings. The van der Waals surface area contributed by atoms with Gasteiger partial charge in [0.15, 0.2) is 0 Å². The van der Waals surface area contributed by atoms with E-state index in [-0.39, 0.29) is 0 Å². The molecule has 0 amide bonds. The fourth-order valence-electron chi connectivity index (χ4n) is 0.534. The topological polar surface area (TPSA) is 9.23 Å². The largest absolute Gasteiger partial charge is 0.498 e. The first-order valence-corrected chi connectivity index (χ1v) is 4.39. The highest BCUT2D eigenvalue weighted by atomic mass is 16.5. The summed E-state index contributed by atoms with van der Waals surface area (Å²) in [7, 11) is 0. The van der Waals surface area contributed by atoms with Crippen molar-refractivity contribution in [2.24, 2.45) is 11.8 Å². The van der Waals surface area contributed by atoms with Gasteiger partial charge >= 0.3 is 0 Å². The maximum Gasteiger partial charge on any atom is 0.0913 e. The summed E-state index contributed by atoms with van der Waals surface area (Å²) in [6, 6.07) is 0. The van der Waals surface area contributed by atoms with E-state index < -0.39 is 0 Å². The molecule has 11 heavy (non-hydrogen) atoms. The Morgan fingerprint density at radius 2 is 1.91 bits per heavy atom. The molecule has 0 spiro atoms. The minimum absolute atomic E-state index is 0.444. The van der Waals surface area contributed by atoms with Gasteiger partial charge in [-0.2, -0.15) is 0 Å². The fourth-order valence-corrected chi connectivity index (χ4v) is 0.534. The van der Waals surface area contributed by atoms with Crippen LogP contribution in [0.15, 0.2) is 12.3 Å². The van der Waals surface area contributed by atoms with E-state index in [2.05, 4.69) is 34.3 Å². The predicted molar refractivity (Wildman–Crippen MR) is 49.4 cm³/mol. The first kappa shape index (κ1) is 10.5. The number of ether oxygens (including phenoxy) is 1. The second-order valence-electron chi connectivity index (χ2n) is 3.45. The highest BCUT2D eigenvalue weighted by Gasteiger charge is 2.03. The van der Waals surface area contributed by atoms with Gasteiger partial charge in [-0.05, 0) is 5.92 Å². The summed E-state index contributed by atoms with van der Waals surface area (Å²) in [5.74, 6) is 2.00. The molecule has 1 heteroatoms. The minimum Gasteiger partial charge on any atom is -0.498 e. The highest BCUT2D eigenvalue weighted by Crippen LogP contribution is 2.11. The highest BCUT2D eigenvalue weighted by molar-refractivity contribution is 4.85. The van der Waals surface area contributed by atoms with E-state index >= 15 is 0 Å². The van der Waals surface area contributed by atoms with Gasteiger partial charge in [-0.25, -0.2) is 0 Å². The van der Waals surface area contributed by atoms with Crippen molar-refractivity contribution in [3.63, 3.8) is 0 Å². The molecule has 0 aromatic heterocycles. The summed E-state index contributed by atoms with van der Waals surface area (Å²) in [4.78, 5) is 0. The molecule has 0 heterocycles. The van der Waals surface area contributed by atoms with Crippen molar-refractivity contribution in [1.82, 2.24) is 0 Å². The Bertz CT molecular complexity index is 116. The van der Waals surface area contributed by atoms with Gasteiger partial charge in [0, 0.05) is 5.92 Å². The Labute approximate surface area is 70.4 Å². The third kappa shape index (κ3) is 4.88. The monoisotopic (exact) mass is 156 g/mol. The number of rotatable bonds is 5. The summed E-state index contributed by atoms with van der Waals surface area (Å²) in [6.45, 7) is 13.2. The summed E-state index contributed by atoms with van der Waals surface area (Å²) < 4.78 is 5.46. The Hall–Kier alpha value is -0.460. The van der Waals surface area contributed by atoms with E-state index in [0.29, 0.717) is 11.8 Å². The molecule has 0 aliphatic carbocycles. The molecule has 0 radical (unpaired) electrons. The third-order valence-electron chi connectivity index (χ3n) is 1.89. The Morgan fingerprint density at radius 1 is 1.36 bits per heavy atom. The first-order valence-electron chi connectivity index (χ1n) is 4.39. The Balaban J connectivity index is 3.46. The molecule has 0 rings (SSSR count). The molecule has 0 aliphatic heterocycles. The second-order valence-corrected chi connectivity index (χ2v) is 3.45. The average molecular weight is 156 g/mol. The Kier molecular flexibility index (Phi) is 5.01.